The predicted octanol–water partition coefficient (Wildman–Crippen LogP) is 0.0968. The van der Waals surface area contributed by atoms with Crippen molar-refractivity contribution in [3.05, 3.63) is 0 Å². The lowest BCUT2D eigenvalue weighted by molar-refractivity contribution is -0.137. The lowest BCUT2D eigenvalue weighted by Crippen LogP contribution is -2.49. The smallest absolute Gasteiger partial charge is 0.404 e. The van der Waals surface area contributed by atoms with Crippen LogP contribution in [0.2, 0.25) is 0 Å². The summed E-state index contributed by atoms with van der Waals surface area (Å²) in [6, 6.07) is -0.0515. The molecule has 7 nitrogen and oxygen atoms in total. The third-order valence-electron chi connectivity index (χ3n) is 3.46. The number of carboxylic acid groups (broad SMARTS) is 1. The highest BCUT2D eigenvalue weighted by molar-refractivity contribution is 5.81. The molecule has 108 valence electrons. The van der Waals surface area contributed by atoms with E-state index in [1.807, 2.05) is 0 Å². The average molecular weight is 272 g/mol. The summed E-state index contributed by atoms with van der Waals surface area (Å²) in [5, 5.41) is 13.9. The first-order chi connectivity index (χ1) is 9.15. The van der Waals surface area contributed by atoms with Gasteiger partial charge in [-0.25, -0.2) is 4.79 Å². The van der Waals surface area contributed by atoms with Crippen LogP contribution in [0.1, 0.15) is 25.7 Å². The van der Waals surface area contributed by atoms with Crippen molar-refractivity contribution in [3.8, 4) is 0 Å². The molecule has 0 aromatic carbocycles. The molecule has 2 fully saturated rings. The molecule has 0 spiro atoms. The van der Waals surface area contributed by atoms with Crippen LogP contribution in [0.15, 0.2) is 0 Å². The van der Waals surface area contributed by atoms with Crippen LogP contribution < -0.4 is 10.6 Å². The molecular weight excluding hydrogens is 252 g/mol. The molecule has 3 N–H and O–H groups in total. The molecule has 0 aromatic heterocycles. The summed E-state index contributed by atoms with van der Waals surface area (Å²) >= 11 is 0. The number of amides is 2. The number of hydrogen-bond donors (Lipinski definition) is 3. The Hall–Kier alpha value is -1.34. The molecule has 7 heteroatoms. The molecule has 2 atom stereocenters. The fraction of sp³-hybridized carbons (Fsp3) is 0.833. The van der Waals surface area contributed by atoms with Crippen LogP contribution in [-0.2, 0) is 14.3 Å². The Kier molecular flexibility index (Phi) is 4.98. The van der Waals surface area contributed by atoms with Crippen LogP contribution in [0.3, 0.4) is 0 Å². The maximum absolute atomic E-state index is 12.0. The van der Waals surface area contributed by atoms with Crippen LogP contribution in [0.5, 0.6) is 0 Å². The predicted molar refractivity (Wildman–Crippen MR) is 65.9 cm³/mol. The second-order valence-electron chi connectivity index (χ2n) is 4.94. The van der Waals surface area contributed by atoms with E-state index in [4.69, 9.17) is 14.6 Å². The Morgan fingerprint density at radius 2 is 1.74 bits per heavy atom. The molecule has 2 aliphatic rings. The lowest BCUT2D eigenvalue weighted by Gasteiger charge is -2.30. The summed E-state index contributed by atoms with van der Waals surface area (Å²) in [7, 11) is 0. The van der Waals surface area contributed by atoms with Gasteiger partial charge in [0.25, 0.3) is 0 Å². The Morgan fingerprint density at radius 3 is 2.32 bits per heavy atom. The molecule has 2 aliphatic heterocycles. The molecule has 19 heavy (non-hydrogen) atoms. The molecule has 0 saturated carbocycles. The zero-order chi connectivity index (χ0) is 13.7. The highest BCUT2D eigenvalue weighted by atomic mass is 16.5. The number of nitrogens with one attached hydrogen (secondary N) is 2. The zero-order valence-corrected chi connectivity index (χ0v) is 10.8. The van der Waals surface area contributed by atoms with E-state index >= 15 is 0 Å². The Morgan fingerprint density at radius 1 is 1.00 bits per heavy atom. The van der Waals surface area contributed by atoms with E-state index in [0.717, 1.165) is 12.8 Å². The summed E-state index contributed by atoms with van der Waals surface area (Å²) in [4.78, 5) is 22.5. The molecule has 0 aliphatic carbocycles. The van der Waals surface area contributed by atoms with Crippen molar-refractivity contribution in [1.29, 1.82) is 0 Å². The Balaban J connectivity index is 1.71. The second kappa shape index (κ2) is 6.72. The Labute approximate surface area is 111 Å². The molecule has 2 saturated heterocycles. The number of carbonyl (C=O) groups excluding carboxylic acids is 1. The fourth-order valence-electron chi connectivity index (χ4n) is 2.38. The van der Waals surface area contributed by atoms with E-state index in [-0.39, 0.29) is 24.6 Å². The minimum atomic E-state index is -1.06. The summed E-state index contributed by atoms with van der Waals surface area (Å²) in [6.07, 6.45) is 1.31. The van der Waals surface area contributed by atoms with Crippen molar-refractivity contribution >= 4 is 12.0 Å². The topological polar surface area (TPSA) is 96.9 Å². The van der Waals surface area contributed by atoms with E-state index < -0.39 is 12.2 Å². The third kappa shape index (κ3) is 4.36. The number of carbonyl (C=O) groups is 2. The molecule has 2 amide bonds. The van der Waals surface area contributed by atoms with Crippen molar-refractivity contribution < 1.29 is 24.2 Å². The van der Waals surface area contributed by atoms with Crippen LogP contribution >= 0.6 is 0 Å². The maximum atomic E-state index is 12.0. The summed E-state index contributed by atoms with van der Waals surface area (Å²) in [6.45, 7) is 1.61. The first-order valence-corrected chi connectivity index (χ1v) is 6.64. The minimum absolute atomic E-state index is 0.0966. The summed E-state index contributed by atoms with van der Waals surface area (Å²) in [5.41, 5.74) is 0. The molecule has 2 heterocycles. The van der Waals surface area contributed by atoms with Crippen LogP contribution in [0.25, 0.3) is 0 Å². The third-order valence-corrected chi connectivity index (χ3v) is 3.46. The van der Waals surface area contributed by atoms with Gasteiger partial charge in [-0.2, -0.15) is 0 Å². The van der Waals surface area contributed by atoms with Gasteiger partial charge >= 0.3 is 6.09 Å². The normalized spacial score (nSPS) is 28.6. The van der Waals surface area contributed by atoms with Gasteiger partial charge < -0.3 is 25.2 Å². The van der Waals surface area contributed by atoms with Crippen LogP contribution in [0, 0.1) is 0 Å². The van der Waals surface area contributed by atoms with Gasteiger partial charge in [0.05, 0.1) is 12.6 Å². The van der Waals surface area contributed by atoms with Gasteiger partial charge in [0.1, 0.15) is 6.10 Å². The first-order valence-electron chi connectivity index (χ1n) is 6.64. The molecule has 0 unspecified atom stereocenters. The second-order valence-corrected chi connectivity index (χ2v) is 4.94. The van der Waals surface area contributed by atoms with Crippen molar-refractivity contribution in [2.24, 2.45) is 0 Å². The molecular formula is C12H20N2O5. The largest absolute Gasteiger partial charge is 0.465 e. The molecule has 0 radical (unpaired) electrons. The molecule has 2 rings (SSSR count). The fourth-order valence-corrected chi connectivity index (χ4v) is 2.38. The zero-order valence-electron chi connectivity index (χ0n) is 10.8. The van der Waals surface area contributed by atoms with E-state index in [1.165, 1.54) is 0 Å². The standard InChI is InChI=1S/C12H20N2O5/c15-11(13-8-3-5-18-6-4-8)10-2-1-9(7-19-10)14-12(16)17/h8-10,14H,1-7H2,(H,13,15)(H,16,17)/t9-,10+/m1/s1. The minimum Gasteiger partial charge on any atom is -0.465 e. The average Bonchev–Trinajstić information content (AvgIpc) is 2.40. The SMILES string of the molecule is O=C(O)N[C@@H]1CC[C@@H](C(=O)NC2CCOCC2)OC1. The van der Waals surface area contributed by atoms with E-state index in [9.17, 15) is 9.59 Å². The van der Waals surface area contributed by atoms with Gasteiger partial charge in [-0.15, -0.1) is 0 Å². The Bertz CT molecular complexity index is 322. The van der Waals surface area contributed by atoms with Crippen molar-refractivity contribution in [2.75, 3.05) is 19.8 Å². The number of hydrogen-bond acceptors (Lipinski definition) is 4. The van der Waals surface area contributed by atoms with Gasteiger partial charge in [0.2, 0.25) is 5.91 Å². The van der Waals surface area contributed by atoms with Crippen molar-refractivity contribution in [1.82, 2.24) is 10.6 Å². The van der Waals surface area contributed by atoms with E-state index in [2.05, 4.69) is 10.6 Å². The summed E-state index contributed by atoms with van der Waals surface area (Å²) in [5.74, 6) is -0.0966. The van der Waals surface area contributed by atoms with E-state index in [1.54, 1.807) is 0 Å². The van der Waals surface area contributed by atoms with Gasteiger partial charge in [0.15, 0.2) is 0 Å². The van der Waals surface area contributed by atoms with Crippen LogP contribution in [0.4, 0.5) is 4.79 Å². The van der Waals surface area contributed by atoms with Gasteiger partial charge in [0, 0.05) is 19.3 Å². The molecule has 0 aromatic rings. The van der Waals surface area contributed by atoms with Crippen molar-refractivity contribution in [2.45, 2.75) is 43.9 Å². The van der Waals surface area contributed by atoms with Gasteiger partial charge in [-0.3, -0.25) is 4.79 Å². The quantitative estimate of drug-likeness (QED) is 0.677. The number of rotatable bonds is 3. The van der Waals surface area contributed by atoms with E-state index in [0.29, 0.717) is 26.1 Å². The highest BCUT2D eigenvalue weighted by Gasteiger charge is 2.29. The van der Waals surface area contributed by atoms with Gasteiger partial charge in [-0.1, -0.05) is 0 Å². The number of ether oxygens (including phenoxy) is 2. The first kappa shape index (κ1) is 14.1. The lowest BCUT2D eigenvalue weighted by atomic mass is 10.0. The maximum Gasteiger partial charge on any atom is 0.404 e. The monoisotopic (exact) mass is 272 g/mol. The van der Waals surface area contributed by atoms with Crippen LogP contribution in [-0.4, -0.2) is 55.1 Å². The highest BCUT2D eigenvalue weighted by Crippen LogP contribution is 2.15. The molecule has 0 bridgehead atoms. The summed E-state index contributed by atoms with van der Waals surface area (Å²) < 4.78 is 10.7. The van der Waals surface area contributed by atoms with Crippen molar-refractivity contribution in [3.63, 3.8) is 0 Å². The van der Waals surface area contributed by atoms with Gasteiger partial charge in [-0.05, 0) is 25.7 Å².